The molecule has 0 fully saturated rings. The van der Waals surface area contributed by atoms with Crippen LogP contribution in [-0.4, -0.2) is 27.9 Å². The third-order valence-corrected chi connectivity index (χ3v) is 3.30. The van der Waals surface area contributed by atoms with Gasteiger partial charge in [-0.2, -0.15) is 0 Å². The molecule has 1 N–H and O–H groups in total. The lowest BCUT2D eigenvalue weighted by Crippen LogP contribution is -2.19. The second kappa shape index (κ2) is 4.57. The van der Waals surface area contributed by atoms with Gasteiger partial charge in [0.1, 0.15) is 12.4 Å². The van der Waals surface area contributed by atoms with Gasteiger partial charge in [-0.3, -0.25) is 0 Å². The highest BCUT2D eigenvalue weighted by Crippen LogP contribution is 2.38. The molecule has 0 amide bonds. The summed E-state index contributed by atoms with van der Waals surface area (Å²) >= 11 is 0. The summed E-state index contributed by atoms with van der Waals surface area (Å²) < 4.78 is 7.94. The van der Waals surface area contributed by atoms with Crippen LogP contribution in [0.5, 0.6) is 5.75 Å². The standard InChI is InChI=1S/C14H18N4O/c1-9(2)18-10(3)16-17-14(18)11-5-4-6-12-13(11)19-8-7-15-12/h4-6,9,15H,7-8H2,1-3H3. The van der Waals surface area contributed by atoms with Crippen LogP contribution in [-0.2, 0) is 0 Å². The number of hydrogen-bond acceptors (Lipinski definition) is 4. The van der Waals surface area contributed by atoms with E-state index in [4.69, 9.17) is 4.74 Å². The minimum atomic E-state index is 0.317. The molecule has 0 spiro atoms. The lowest BCUT2D eigenvalue weighted by atomic mass is 10.1. The predicted molar refractivity (Wildman–Crippen MR) is 74.6 cm³/mol. The second-order valence-corrected chi connectivity index (χ2v) is 4.99. The molecule has 0 bridgehead atoms. The fraction of sp³-hybridized carbons (Fsp3) is 0.429. The van der Waals surface area contributed by atoms with Crippen LogP contribution in [0, 0.1) is 6.92 Å². The van der Waals surface area contributed by atoms with Crippen LogP contribution >= 0.6 is 0 Å². The highest BCUT2D eigenvalue weighted by Gasteiger charge is 2.21. The molecule has 1 aromatic carbocycles. The summed E-state index contributed by atoms with van der Waals surface area (Å²) in [6.45, 7) is 7.76. The summed E-state index contributed by atoms with van der Waals surface area (Å²) in [4.78, 5) is 0. The van der Waals surface area contributed by atoms with Gasteiger partial charge in [0, 0.05) is 12.6 Å². The molecule has 2 heterocycles. The number of aromatic nitrogens is 3. The van der Waals surface area contributed by atoms with Crippen molar-refractivity contribution < 1.29 is 4.74 Å². The van der Waals surface area contributed by atoms with E-state index in [1.165, 1.54) is 0 Å². The minimum Gasteiger partial charge on any atom is -0.489 e. The van der Waals surface area contributed by atoms with E-state index >= 15 is 0 Å². The molecule has 5 nitrogen and oxygen atoms in total. The molecule has 0 unspecified atom stereocenters. The molecule has 5 heteroatoms. The molecule has 0 saturated carbocycles. The first-order valence-electron chi connectivity index (χ1n) is 6.60. The van der Waals surface area contributed by atoms with Gasteiger partial charge in [0.2, 0.25) is 0 Å². The molecule has 0 aliphatic carbocycles. The third kappa shape index (κ3) is 1.95. The highest BCUT2D eigenvalue weighted by atomic mass is 16.5. The predicted octanol–water partition coefficient (Wildman–Crippen LogP) is 2.64. The van der Waals surface area contributed by atoms with Crippen LogP contribution < -0.4 is 10.1 Å². The number of rotatable bonds is 2. The first-order chi connectivity index (χ1) is 9.18. The van der Waals surface area contributed by atoms with Gasteiger partial charge in [0.05, 0.1) is 11.3 Å². The van der Waals surface area contributed by atoms with Crippen molar-refractivity contribution in [2.75, 3.05) is 18.5 Å². The summed E-state index contributed by atoms with van der Waals surface area (Å²) in [5, 5.41) is 11.9. The Kier molecular flexibility index (Phi) is 2.89. The Morgan fingerprint density at radius 1 is 1.32 bits per heavy atom. The van der Waals surface area contributed by atoms with Gasteiger partial charge in [-0.05, 0) is 32.9 Å². The summed E-state index contributed by atoms with van der Waals surface area (Å²) in [5.41, 5.74) is 2.03. The van der Waals surface area contributed by atoms with E-state index in [0.29, 0.717) is 12.6 Å². The number of benzene rings is 1. The smallest absolute Gasteiger partial charge is 0.168 e. The molecule has 2 aromatic rings. The van der Waals surface area contributed by atoms with Crippen LogP contribution in [0.15, 0.2) is 18.2 Å². The number of fused-ring (bicyclic) bond motifs is 1. The Morgan fingerprint density at radius 2 is 2.16 bits per heavy atom. The number of aryl methyl sites for hydroxylation is 1. The zero-order chi connectivity index (χ0) is 13.4. The van der Waals surface area contributed by atoms with E-state index < -0.39 is 0 Å². The van der Waals surface area contributed by atoms with E-state index in [9.17, 15) is 0 Å². The molecule has 0 atom stereocenters. The van der Waals surface area contributed by atoms with E-state index in [0.717, 1.165) is 35.2 Å². The zero-order valence-corrected chi connectivity index (χ0v) is 11.5. The van der Waals surface area contributed by atoms with Crippen molar-refractivity contribution >= 4 is 5.69 Å². The number of para-hydroxylation sites is 1. The van der Waals surface area contributed by atoms with Crippen molar-refractivity contribution in [3.63, 3.8) is 0 Å². The summed E-state index contributed by atoms with van der Waals surface area (Å²) in [7, 11) is 0. The van der Waals surface area contributed by atoms with Gasteiger partial charge in [-0.15, -0.1) is 10.2 Å². The van der Waals surface area contributed by atoms with Crippen molar-refractivity contribution in [1.29, 1.82) is 0 Å². The third-order valence-electron chi connectivity index (χ3n) is 3.30. The maximum atomic E-state index is 5.81. The van der Waals surface area contributed by atoms with Gasteiger partial charge in [0.25, 0.3) is 0 Å². The lowest BCUT2D eigenvalue weighted by molar-refractivity contribution is 0.324. The fourth-order valence-electron chi connectivity index (χ4n) is 2.52. The molecule has 1 aliphatic heterocycles. The van der Waals surface area contributed by atoms with Gasteiger partial charge < -0.3 is 14.6 Å². The first kappa shape index (κ1) is 12.0. The SMILES string of the molecule is Cc1nnc(-c2cccc3c2OCCN3)n1C(C)C. The van der Waals surface area contributed by atoms with Crippen molar-refractivity contribution in [2.45, 2.75) is 26.8 Å². The number of anilines is 1. The van der Waals surface area contributed by atoms with Crippen LogP contribution in [0.4, 0.5) is 5.69 Å². The number of ether oxygens (including phenoxy) is 1. The Hall–Kier alpha value is -2.04. The largest absolute Gasteiger partial charge is 0.489 e. The van der Waals surface area contributed by atoms with E-state index in [1.807, 2.05) is 25.1 Å². The molecular formula is C14H18N4O. The van der Waals surface area contributed by atoms with E-state index in [-0.39, 0.29) is 0 Å². The monoisotopic (exact) mass is 258 g/mol. The quantitative estimate of drug-likeness (QED) is 0.899. The topological polar surface area (TPSA) is 52.0 Å². The van der Waals surface area contributed by atoms with Crippen molar-refractivity contribution in [3.8, 4) is 17.1 Å². The number of nitrogens with zero attached hydrogens (tertiary/aromatic N) is 3. The van der Waals surface area contributed by atoms with E-state index in [2.05, 4.69) is 33.9 Å². The molecule has 19 heavy (non-hydrogen) atoms. The van der Waals surface area contributed by atoms with Crippen LogP contribution in [0.2, 0.25) is 0 Å². The average Bonchev–Trinajstić information content (AvgIpc) is 2.80. The summed E-state index contributed by atoms with van der Waals surface area (Å²) in [6, 6.07) is 6.40. The molecule has 3 rings (SSSR count). The van der Waals surface area contributed by atoms with Crippen molar-refractivity contribution in [1.82, 2.24) is 14.8 Å². The first-order valence-corrected chi connectivity index (χ1v) is 6.60. The normalized spacial score (nSPS) is 13.9. The molecule has 1 aliphatic rings. The van der Waals surface area contributed by atoms with Gasteiger partial charge in [-0.25, -0.2) is 0 Å². The lowest BCUT2D eigenvalue weighted by Gasteiger charge is -2.22. The van der Waals surface area contributed by atoms with Gasteiger partial charge in [0.15, 0.2) is 11.6 Å². The molecule has 0 radical (unpaired) electrons. The minimum absolute atomic E-state index is 0.317. The summed E-state index contributed by atoms with van der Waals surface area (Å²) in [5.74, 6) is 2.67. The van der Waals surface area contributed by atoms with Crippen molar-refractivity contribution in [3.05, 3.63) is 24.0 Å². The maximum Gasteiger partial charge on any atom is 0.168 e. The Morgan fingerprint density at radius 3 is 2.95 bits per heavy atom. The van der Waals surface area contributed by atoms with Gasteiger partial charge >= 0.3 is 0 Å². The zero-order valence-electron chi connectivity index (χ0n) is 11.5. The molecule has 1 aromatic heterocycles. The number of nitrogens with one attached hydrogen (secondary N) is 1. The van der Waals surface area contributed by atoms with E-state index in [1.54, 1.807) is 0 Å². The Balaban J connectivity index is 2.18. The second-order valence-electron chi connectivity index (χ2n) is 4.99. The number of hydrogen-bond donors (Lipinski definition) is 1. The highest BCUT2D eigenvalue weighted by molar-refractivity contribution is 5.75. The molecule has 0 saturated heterocycles. The van der Waals surface area contributed by atoms with Crippen molar-refractivity contribution in [2.24, 2.45) is 0 Å². The Bertz CT molecular complexity index is 603. The maximum absolute atomic E-state index is 5.81. The van der Waals surface area contributed by atoms with Crippen LogP contribution in [0.1, 0.15) is 25.7 Å². The molecular weight excluding hydrogens is 240 g/mol. The fourth-order valence-corrected chi connectivity index (χ4v) is 2.52. The van der Waals surface area contributed by atoms with Crippen LogP contribution in [0.3, 0.4) is 0 Å². The molecule has 100 valence electrons. The van der Waals surface area contributed by atoms with Crippen LogP contribution in [0.25, 0.3) is 11.4 Å². The summed E-state index contributed by atoms with van der Waals surface area (Å²) in [6.07, 6.45) is 0. The van der Waals surface area contributed by atoms with Gasteiger partial charge in [-0.1, -0.05) is 6.07 Å². The Labute approximate surface area is 112 Å². The average molecular weight is 258 g/mol.